The van der Waals surface area contributed by atoms with E-state index in [-0.39, 0.29) is 12.0 Å². The number of amides is 1. The van der Waals surface area contributed by atoms with Crippen LogP contribution in [-0.2, 0) is 4.79 Å². The van der Waals surface area contributed by atoms with E-state index in [9.17, 15) is 4.79 Å². The summed E-state index contributed by atoms with van der Waals surface area (Å²) >= 11 is 5.67. The highest BCUT2D eigenvalue weighted by molar-refractivity contribution is 7.81. The molecule has 0 aliphatic carbocycles. The summed E-state index contributed by atoms with van der Waals surface area (Å²) in [5.74, 6) is 0.394. The molecule has 0 N–H and O–H groups in total. The van der Waals surface area contributed by atoms with Gasteiger partial charge in [0.15, 0.2) is 10.8 Å². The zero-order valence-electron chi connectivity index (χ0n) is 16.6. The van der Waals surface area contributed by atoms with Crippen molar-refractivity contribution < 1.29 is 9.53 Å². The first kappa shape index (κ1) is 19.8. The van der Waals surface area contributed by atoms with E-state index in [1.807, 2.05) is 46.8 Å². The molecular weight excluding hydrogens is 372 g/mol. The number of aryl methyl sites for hydroxylation is 1. The van der Waals surface area contributed by atoms with E-state index < -0.39 is 5.54 Å². The van der Waals surface area contributed by atoms with Crippen molar-refractivity contribution in [3.05, 3.63) is 53.5 Å². The Morgan fingerprint density at radius 1 is 1.21 bits per heavy atom. The number of hydrogen-bond donors (Lipinski definition) is 0. The average Bonchev–Trinajstić information content (AvgIpc) is 2.80. The van der Waals surface area contributed by atoms with Crippen LogP contribution in [0.4, 0.5) is 17.1 Å². The summed E-state index contributed by atoms with van der Waals surface area (Å²) in [4.78, 5) is 24.3. The minimum Gasteiger partial charge on any atom is -0.475 e. The number of benzene rings is 1. The number of anilines is 2. The molecule has 1 aromatic carbocycles. The fourth-order valence-corrected chi connectivity index (χ4v) is 3.70. The van der Waals surface area contributed by atoms with Crippen LogP contribution in [0.1, 0.15) is 33.3 Å². The molecule has 144 valence electrons. The van der Waals surface area contributed by atoms with E-state index in [1.165, 1.54) is 4.90 Å². The number of carbonyl (C=O) groups is 1. The Balaban J connectivity index is 1.98. The smallest absolute Gasteiger partial charge is 0.259 e. The fourth-order valence-electron chi connectivity index (χ4n) is 3.18. The van der Waals surface area contributed by atoms with E-state index in [4.69, 9.17) is 23.5 Å². The monoisotopic (exact) mass is 394 g/mol. The van der Waals surface area contributed by atoms with E-state index in [0.29, 0.717) is 22.4 Å². The van der Waals surface area contributed by atoms with Crippen LogP contribution in [-0.4, -0.2) is 27.6 Å². The summed E-state index contributed by atoms with van der Waals surface area (Å²) < 4.78 is 5.59. The van der Waals surface area contributed by atoms with Gasteiger partial charge in [-0.05, 0) is 70.6 Å². The second kappa shape index (κ2) is 7.21. The predicted octanol–water partition coefficient (Wildman–Crippen LogP) is 4.64. The molecule has 1 aliphatic heterocycles. The first-order valence-electron chi connectivity index (χ1n) is 8.96. The molecule has 1 aromatic heterocycles. The van der Waals surface area contributed by atoms with Crippen molar-refractivity contribution in [3.63, 3.8) is 0 Å². The molecular formula is C21H22N4O2S. The zero-order valence-corrected chi connectivity index (χ0v) is 17.4. The first-order chi connectivity index (χ1) is 13.2. The number of carbonyl (C=O) groups excluding carboxylic acids is 1. The van der Waals surface area contributed by atoms with Crippen molar-refractivity contribution in [1.82, 2.24) is 4.98 Å². The normalized spacial score (nSPS) is 15.9. The summed E-state index contributed by atoms with van der Waals surface area (Å²) in [7, 11) is 0. The number of ether oxygens (including phenoxy) is 1. The van der Waals surface area contributed by atoms with Crippen LogP contribution in [0.5, 0.6) is 5.88 Å². The number of hydrogen-bond acceptors (Lipinski definition) is 4. The van der Waals surface area contributed by atoms with Crippen LogP contribution >= 0.6 is 12.2 Å². The van der Waals surface area contributed by atoms with Gasteiger partial charge in [0.1, 0.15) is 5.54 Å². The van der Waals surface area contributed by atoms with Crippen molar-refractivity contribution in [1.29, 1.82) is 0 Å². The number of pyridine rings is 1. The lowest BCUT2D eigenvalue weighted by Crippen LogP contribution is -2.44. The van der Waals surface area contributed by atoms with Gasteiger partial charge in [-0.1, -0.05) is 6.07 Å². The highest BCUT2D eigenvalue weighted by Gasteiger charge is 2.50. The first-order valence-corrected chi connectivity index (χ1v) is 9.37. The maximum absolute atomic E-state index is 13.2. The third kappa shape index (κ3) is 3.32. The molecule has 1 amide bonds. The van der Waals surface area contributed by atoms with Gasteiger partial charge in [0.25, 0.3) is 5.91 Å². The van der Waals surface area contributed by atoms with Gasteiger partial charge in [-0.3, -0.25) is 9.69 Å². The lowest BCUT2D eigenvalue weighted by atomic mass is 10.0. The topological polar surface area (TPSA) is 50.0 Å². The molecule has 6 nitrogen and oxygen atoms in total. The van der Waals surface area contributed by atoms with Gasteiger partial charge in [-0.2, -0.15) is 0 Å². The van der Waals surface area contributed by atoms with Gasteiger partial charge >= 0.3 is 0 Å². The molecule has 2 aromatic rings. The molecule has 28 heavy (non-hydrogen) atoms. The van der Waals surface area contributed by atoms with Crippen molar-refractivity contribution in [2.24, 2.45) is 0 Å². The van der Waals surface area contributed by atoms with E-state index >= 15 is 0 Å². The Hall–Kier alpha value is -2.98. The number of rotatable bonds is 4. The van der Waals surface area contributed by atoms with Crippen LogP contribution in [0.3, 0.4) is 0 Å². The van der Waals surface area contributed by atoms with Gasteiger partial charge in [-0.15, -0.1) is 0 Å². The number of aromatic nitrogens is 1. The molecule has 0 atom stereocenters. The number of nitrogens with zero attached hydrogens (tertiary/aromatic N) is 4. The second-order valence-electron chi connectivity index (χ2n) is 7.42. The standard InChI is InChI=1S/C21H22N4O2S/c1-13(2)27-18-10-8-16(12-23-18)25-20(28)24(19(26)21(25,4)5)15-7-9-17(22-6)14(3)11-15/h7-13H,1-5H3. The molecule has 0 radical (unpaired) electrons. The minimum atomic E-state index is -0.869. The Bertz CT molecular complexity index is 977. The summed E-state index contributed by atoms with van der Waals surface area (Å²) in [6.07, 6.45) is 1.69. The summed E-state index contributed by atoms with van der Waals surface area (Å²) in [6, 6.07) is 8.90. The SMILES string of the molecule is [C-]#[N+]c1ccc(N2C(=O)C(C)(C)N(c3ccc(OC(C)C)nc3)C2=S)cc1C. The van der Waals surface area contributed by atoms with E-state index in [1.54, 1.807) is 29.3 Å². The molecule has 0 saturated carbocycles. The minimum absolute atomic E-state index is 0.0291. The Morgan fingerprint density at radius 2 is 1.89 bits per heavy atom. The average molecular weight is 395 g/mol. The molecule has 3 rings (SSSR count). The highest BCUT2D eigenvalue weighted by Crippen LogP contribution is 2.37. The molecule has 0 unspecified atom stereocenters. The van der Waals surface area contributed by atoms with Crippen LogP contribution in [0.15, 0.2) is 36.5 Å². The Morgan fingerprint density at radius 3 is 2.43 bits per heavy atom. The third-order valence-corrected chi connectivity index (χ3v) is 4.93. The Kier molecular flexibility index (Phi) is 5.09. The van der Waals surface area contributed by atoms with Crippen molar-refractivity contribution in [2.45, 2.75) is 46.3 Å². The maximum atomic E-state index is 13.2. The summed E-state index contributed by atoms with van der Waals surface area (Å²) in [5, 5.41) is 0.379. The van der Waals surface area contributed by atoms with Crippen molar-refractivity contribution >= 4 is 40.3 Å². The molecule has 0 spiro atoms. The van der Waals surface area contributed by atoms with E-state index in [2.05, 4.69) is 9.83 Å². The zero-order chi connectivity index (χ0) is 20.6. The fraction of sp³-hybridized carbons (Fsp3) is 0.333. The van der Waals surface area contributed by atoms with Gasteiger partial charge < -0.3 is 9.64 Å². The molecule has 2 heterocycles. The van der Waals surface area contributed by atoms with Crippen molar-refractivity contribution in [2.75, 3.05) is 9.80 Å². The Labute approximate surface area is 170 Å². The van der Waals surface area contributed by atoms with E-state index in [0.717, 1.165) is 11.3 Å². The third-order valence-electron chi connectivity index (χ3n) is 4.56. The largest absolute Gasteiger partial charge is 0.475 e. The molecule has 0 bridgehead atoms. The van der Waals surface area contributed by atoms with Gasteiger partial charge in [0.05, 0.1) is 24.6 Å². The van der Waals surface area contributed by atoms with Gasteiger partial charge in [0, 0.05) is 11.8 Å². The molecule has 1 fully saturated rings. The van der Waals surface area contributed by atoms with Gasteiger partial charge in [-0.25, -0.2) is 9.83 Å². The lowest BCUT2D eigenvalue weighted by molar-refractivity contribution is -0.120. The maximum Gasteiger partial charge on any atom is 0.259 e. The van der Waals surface area contributed by atoms with Crippen LogP contribution < -0.4 is 14.5 Å². The van der Waals surface area contributed by atoms with Crippen molar-refractivity contribution in [3.8, 4) is 5.88 Å². The van der Waals surface area contributed by atoms with Crippen LogP contribution in [0.25, 0.3) is 4.85 Å². The van der Waals surface area contributed by atoms with Crippen LogP contribution in [0.2, 0.25) is 0 Å². The summed E-state index contributed by atoms with van der Waals surface area (Å²) in [5.41, 5.74) is 1.86. The number of thiocarbonyl (C=S) groups is 1. The highest BCUT2D eigenvalue weighted by atomic mass is 32.1. The summed E-state index contributed by atoms with van der Waals surface area (Å²) in [6.45, 7) is 16.6. The van der Waals surface area contributed by atoms with Gasteiger partial charge in [0.2, 0.25) is 5.88 Å². The predicted molar refractivity (Wildman–Crippen MR) is 114 cm³/mol. The molecule has 1 saturated heterocycles. The molecule has 7 heteroatoms. The second-order valence-corrected chi connectivity index (χ2v) is 7.79. The molecule has 1 aliphatic rings. The quantitative estimate of drug-likeness (QED) is 0.558. The lowest BCUT2D eigenvalue weighted by Gasteiger charge is -2.29. The van der Waals surface area contributed by atoms with Crippen LogP contribution in [0, 0.1) is 13.5 Å².